The van der Waals surface area contributed by atoms with Gasteiger partial charge in [0, 0.05) is 11.6 Å². The van der Waals surface area contributed by atoms with Crippen molar-refractivity contribution in [2.75, 3.05) is 0 Å². The summed E-state index contributed by atoms with van der Waals surface area (Å²) in [6, 6.07) is 7.31. The summed E-state index contributed by atoms with van der Waals surface area (Å²) in [6.07, 6.45) is 3.26. The minimum absolute atomic E-state index is 0.0382. The van der Waals surface area contributed by atoms with Gasteiger partial charge in [0.05, 0.1) is 23.0 Å². The Kier molecular flexibility index (Phi) is 2.14. The summed E-state index contributed by atoms with van der Waals surface area (Å²) in [7, 11) is 0. The molecule has 0 saturated carbocycles. The number of nitrogens with zero attached hydrogens (tertiary/aromatic N) is 1. The molecular weight excluding hydrogens is 222 g/mol. The van der Waals surface area contributed by atoms with Crippen LogP contribution >= 0.6 is 0 Å². The van der Waals surface area contributed by atoms with E-state index in [0.717, 1.165) is 10.9 Å². The van der Waals surface area contributed by atoms with Gasteiger partial charge in [-0.15, -0.1) is 0 Å². The Morgan fingerprint density at radius 3 is 2.53 bits per heavy atom. The van der Waals surface area contributed by atoms with Gasteiger partial charge in [0.25, 0.3) is 0 Å². The van der Waals surface area contributed by atoms with Gasteiger partial charge in [-0.2, -0.15) is 0 Å². The van der Waals surface area contributed by atoms with Crippen LogP contribution in [0.15, 0.2) is 42.7 Å². The van der Waals surface area contributed by atoms with E-state index in [9.17, 15) is 8.78 Å². The maximum absolute atomic E-state index is 13.6. The lowest BCUT2D eigenvalue weighted by molar-refractivity contribution is 0.589. The van der Waals surface area contributed by atoms with Gasteiger partial charge in [0.2, 0.25) is 0 Å². The number of hydrogen-bond donors (Lipinski definition) is 1. The average molecular weight is 230 g/mol. The molecule has 0 amide bonds. The summed E-state index contributed by atoms with van der Waals surface area (Å²) in [4.78, 5) is 6.90. The quantitative estimate of drug-likeness (QED) is 0.680. The Balaban J connectivity index is 2.27. The highest BCUT2D eigenvalue weighted by atomic mass is 19.1. The van der Waals surface area contributed by atoms with Gasteiger partial charge in [-0.1, -0.05) is 6.07 Å². The number of rotatable bonds is 1. The highest BCUT2D eigenvalue weighted by molar-refractivity contribution is 5.85. The third-order valence-electron chi connectivity index (χ3n) is 2.66. The van der Waals surface area contributed by atoms with Crippen LogP contribution in [0.3, 0.4) is 0 Å². The molecule has 0 bridgehead atoms. The number of benzene rings is 1. The Morgan fingerprint density at radius 1 is 1.06 bits per heavy atom. The zero-order valence-corrected chi connectivity index (χ0v) is 8.74. The van der Waals surface area contributed by atoms with E-state index in [2.05, 4.69) is 9.97 Å². The van der Waals surface area contributed by atoms with Gasteiger partial charge < -0.3 is 4.98 Å². The number of hydrogen-bond acceptors (Lipinski definition) is 1. The molecule has 2 heterocycles. The van der Waals surface area contributed by atoms with Crippen LogP contribution in [0.1, 0.15) is 0 Å². The molecule has 0 spiro atoms. The van der Waals surface area contributed by atoms with Crippen LogP contribution in [0.5, 0.6) is 0 Å². The summed E-state index contributed by atoms with van der Waals surface area (Å²) in [6.45, 7) is 0. The first-order valence-corrected chi connectivity index (χ1v) is 5.13. The molecule has 1 N–H and O–H groups in total. The Labute approximate surface area is 95.9 Å². The van der Waals surface area contributed by atoms with E-state index in [-0.39, 0.29) is 5.56 Å². The predicted molar refractivity (Wildman–Crippen MR) is 61.4 cm³/mol. The van der Waals surface area contributed by atoms with Gasteiger partial charge in [0.1, 0.15) is 11.6 Å². The molecule has 2 nitrogen and oxygen atoms in total. The molecule has 2 aromatic heterocycles. The zero-order valence-electron chi connectivity index (χ0n) is 8.74. The molecule has 0 saturated heterocycles. The average Bonchev–Trinajstić information content (AvgIpc) is 2.71. The molecule has 1 aromatic carbocycles. The molecule has 3 rings (SSSR count). The van der Waals surface area contributed by atoms with Crippen molar-refractivity contribution in [2.24, 2.45) is 0 Å². The fourth-order valence-corrected chi connectivity index (χ4v) is 1.86. The first kappa shape index (κ1) is 9.96. The number of aromatic nitrogens is 2. The summed E-state index contributed by atoms with van der Waals surface area (Å²) in [5.74, 6) is -1.16. The van der Waals surface area contributed by atoms with Gasteiger partial charge in [0.15, 0.2) is 0 Å². The lowest BCUT2D eigenvalue weighted by Gasteiger charge is -2.01. The van der Waals surface area contributed by atoms with Gasteiger partial charge in [-0.25, -0.2) is 8.78 Å². The van der Waals surface area contributed by atoms with Crippen LogP contribution in [0.25, 0.3) is 22.2 Å². The molecule has 0 unspecified atom stereocenters. The van der Waals surface area contributed by atoms with Crippen molar-refractivity contribution in [2.45, 2.75) is 0 Å². The SMILES string of the molecule is Fc1cccc(F)c1-c1cc2ccncc2[nH]1. The number of aromatic amines is 1. The second kappa shape index (κ2) is 3.66. The highest BCUT2D eigenvalue weighted by Crippen LogP contribution is 2.27. The van der Waals surface area contributed by atoms with Gasteiger partial charge in [-0.3, -0.25) is 4.98 Å². The largest absolute Gasteiger partial charge is 0.353 e. The van der Waals surface area contributed by atoms with E-state index >= 15 is 0 Å². The molecule has 0 radical (unpaired) electrons. The monoisotopic (exact) mass is 230 g/mol. The number of pyridine rings is 1. The first-order valence-electron chi connectivity index (χ1n) is 5.13. The van der Waals surface area contributed by atoms with E-state index in [1.165, 1.54) is 18.2 Å². The fourth-order valence-electron chi connectivity index (χ4n) is 1.86. The third kappa shape index (κ3) is 1.58. The normalized spacial score (nSPS) is 10.9. The van der Waals surface area contributed by atoms with E-state index in [1.54, 1.807) is 24.5 Å². The fraction of sp³-hybridized carbons (Fsp3) is 0. The lowest BCUT2D eigenvalue weighted by Crippen LogP contribution is -1.89. The molecule has 4 heteroatoms. The van der Waals surface area contributed by atoms with Crippen LogP contribution < -0.4 is 0 Å². The van der Waals surface area contributed by atoms with E-state index < -0.39 is 11.6 Å². The second-order valence-electron chi connectivity index (χ2n) is 3.74. The number of H-pyrrole nitrogens is 1. The highest BCUT2D eigenvalue weighted by Gasteiger charge is 2.12. The number of fused-ring (bicyclic) bond motifs is 1. The molecule has 3 aromatic rings. The van der Waals surface area contributed by atoms with E-state index in [4.69, 9.17) is 0 Å². The lowest BCUT2D eigenvalue weighted by atomic mass is 10.1. The maximum Gasteiger partial charge on any atom is 0.135 e. The molecule has 84 valence electrons. The Bertz CT molecular complexity index is 635. The van der Waals surface area contributed by atoms with Crippen molar-refractivity contribution < 1.29 is 8.78 Å². The standard InChI is InChI=1S/C13H8F2N2/c14-9-2-1-3-10(15)13(9)11-6-8-4-5-16-7-12(8)17-11/h1-7,17H. The Morgan fingerprint density at radius 2 is 1.82 bits per heavy atom. The van der Waals surface area contributed by atoms with Crippen molar-refractivity contribution in [1.82, 2.24) is 9.97 Å². The smallest absolute Gasteiger partial charge is 0.135 e. The topological polar surface area (TPSA) is 28.7 Å². The van der Waals surface area contributed by atoms with Crippen molar-refractivity contribution in [3.63, 3.8) is 0 Å². The number of nitrogens with one attached hydrogen (secondary N) is 1. The van der Waals surface area contributed by atoms with Crippen LogP contribution in [0.2, 0.25) is 0 Å². The van der Waals surface area contributed by atoms with Crippen LogP contribution in [0, 0.1) is 11.6 Å². The number of halogens is 2. The molecule has 0 atom stereocenters. The van der Waals surface area contributed by atoms with Crippen LogP contribution in [0.4, 0.5) is 8.78 Å². The van der Waals surface area contributed by atoms with Crippen LogP contribution in [-0.2, 0) is 0 Å². The van der Waals surface area contributed by atoms with E-state index in [1.807, 2.05) is 0 Å². The van der Waals surface area contributed by atoms with Crippen molar-refractivity contribution >= 4 is 10.9 Å². The second-order valence-corrected chi connectivity index (χ2v) is 3.74. The molecule has 0 aliphatic heterocycles. The van der Waals surface area contributed by atoms with Gasteiger partial charge >= 0.3 is 0 Å². The minimum Gasteiger partial charge on any atom is -0.353 e. The minimum atomic E-state index is -0.579. The molecular formula is C13H8F2N2. The van der Waals surface area contributed by atoms with Crippen molar-refractivity contribution in [1.29, 1.82) is 0 Å². The van der Waals surface area contributed by atoms with E-state index in [0.29, 0.717) is 5.69 Å². The Hall–Kier alpha value is -2.23. The molecule has 0 fully saturated rings. The molecule has 17 heavy (non-hydrogen) atoms. The predicted octanol–water partition coefficient (Wildman–Crippen LogP) is 3.51. The molecule has 0 aliphatic rings. The first-order chi connectivity index (χ1) is 8.25. The molecule has 0 aliphatic carbocycles. The summed E-state index contributed by atoms with van der Waals surface area (Å²) < 4.78 is 27.2. The summed E-state index contributed by atoms with van der Waals surface area (Å²) >= 11 is 0. The third-order valence-corrected chi connectivity index (χ3v) is 2.66. The summed E-state index contributed by atoms with van der Waals surface area (Å²) in [5.41, 5.74) is 1.14. The van der Waals surface area contributed by atoms with Crippen molar-refractivity contribution in [3.8, 4) is 11.3 Å². The maximum atomic E-state index is 13.6. The zero-order chi connectivity index (χ0) is 11.8. The van der Waals surface area contributed by atoms with Crippen molar-refractivity contribution in [3.05, 3.63) is 54.4 Å². The van der Waals surface area contributed by atoms with Crippen LogP contribution in [-0.4, -0.2) is 9.97 Å². The summed E-state index contributed by atoms with van der Waals surface area (Å²) in [5, 5.41) is 0.873. The van der Waals surface area contributed by atoms with Gasteiger partial charge in [-0.05, 0) is 24.3 Å².